The molecule has 0 radical (unpaired) electrons. The molecular weight excluding hydrogens is 372 g/mol. The van der Waals surface area contributed by atoms with Crippen LogP contribution in [0.5, 0.6) is 5.75 Å². The number of carbonyl (C=O) groups excluding carboxylic acids is 2. The van der Waals surface area contributed by atoms with Gasteiger partial charge in [0.05, 0.1) is 18.7 Å². The Morgan fingerprint density at radius 2 is 2.03 bits per heavy atom. The molecule has 0 bridgehead atoms. The number of hydrogen-bond donors (Lipinski definition) is 2. The third-order valence-electron chi connectivity index (χ3n) is 5.59. The lowest BCUT2D eigenvalue weighted by Gasteiger charge is -2.19. The summed E-state index contributed by atoms with van der Waals surface area (Å²) < 4.78 is 6.95. The van der Waals surface area contributed by atoms with Crippen molar-refractivity contribution in [2.45, 2.75) is 25.2 Å². The number of rotatable bonds is 5. The van der Waals surface area contributed by atoms with Crippen LogP contribution < -0.4 is 20.3 Å². The number of aryl methyl sites for hydroxylation is 1. The summed E-state index contributed by atoms with van der Waals surface area (Å²) >= 11 is 0. The molecule has 2 aliphatic heterocycles. The molecule has 2 N–H and O–H groups in total. The van der Waals surface area contributed by atoms with E-state index in [0.717, 1.165) is 31.8 Å². The lowest BCUT2D eigenvalue weighted by atomic mass is 9.98. The Balaban J connectivity index is 1.44. The number of benzene rings is 1. The summed E-state index contributed by atoms with van der Waals surface area (Å²) in [6, 6.07) is 7.32. The Morgan fingerprint density at radius 3 is 2.79 bits per heavy atom. The predicted molar refractivity (Wildman–Crippen MR) is 108 cm³/mol. The van der Waals surface area contributed by atoms with E-state index in [1.807, 2.05) is 18.2 Å². The van der Waals surface area contributed by atoms with Gasteiger partial charge in [0.1, 0.15) is 5.75 Å². The molecule has 1 aromatic carbocycles. The van der Waals surface area contributed by atoms with Crippen molar-refractivity contribution in [3.8, 4) is 5.75 Å². The van der Waals surface area contributed by atoms with E-state index in [1.165, 1.54) is 0 Å². The number of methoxy groups -OCH3 is 1. The van der Waals surface area contributed by atoms with Crippen LogP contribution in [0.2, 0.25) is 0 Å². The third kappa shape index (κ3) is 3.95. The lowest BCUT2D eigenvalue weighted by Crippen LogP contribution is -2.29. The summed E-state index contributed by atoms with van der Waals surface area (Å²) in [4.78, 5) is 31.5. The fourth-order valence-corrected chi connectivity index (χ4v) is 3.95. The van der Waals surface area contributed by atoms with Gasteiger partial charge in [0.2, 0.25) is 17.8 Å². The van der Waals surface area contributed by atoms with Crippen molar-refractivity contribution in [1.29, 1.82) is 0 Å². The topological polar surface area (TPSA) is 101 Å². The maximum atomic E-state index is 12.8. The summed E-state index contributed by atoms with van der Waals surface area (Å²) in [7, 11) is 3.34. The number of ether oxygens (including phenoxy) is 1. The van der Waals surface area contributed by atoms with Gasteiger partial charge in [-0.25, -0.2) is 4.68 Å². The zero-order valence-electron chi connectivity index (χ0n) is 16.7. The number of aromatic nitrogens is 3. The van der Waals surface area contributed by atoms with E-state index < -0.39 is 5.92 Å². The fraction of sp³-hybridized carbons (Fsp3) is 0.500. The molecule has 2 fully saturated rings. The molecule has 1 aromatic heterocycles. The number of piperidine rings is 1. The van der Waals surface area contributed by atoms with Crippen LogP contribution in [-0.2, 0) is 16.6 Å². The van der Waals surface area contributed by atoms with E-state index in [1.54, 1.807) is 29.8 Å². The van der Waals surface area contributed by atoms with Crippen LogP contribution in [0.15, 0.2) is 24.3 Å². The quantitative estimate of drug-likeness (QED) is 0.787. The average molecular weight is 398 g/mol. The minimum Gasteiger partial charge on any atom is -0.495 e. The van der Waals surface area contributed by atoms with Gasteiger partial charge >= 0.3 is 0 Å². The second-order valence-corrected chi connectivity index (χ2v) is 7.51. The largest absolute Gasteiger partial charge is 0.495 e. The first-order valence-electron chi connectivity index (χ1n) is 9.92. The standard InChI is InChI=1S/C20H26N6O3/c1-25-20(22-18(24-25)13-7-9-21-10-8-13)23-19(28)14-11-17(27)26(12-14)15-5-3-4-6-16(15)29-2/h3-6,13-14,21H,7-12H2,1-2H3,(H,22,23,24,28). The normalized spacial score (nSPS) is 20.1. The summed E-state index contributed by atoms with van der Waals surface area (Å²) in [6.45, 7) is 2.21. The van der Waals surface area contributed by atoms with E-state index in [2.05, 4.69) is 20.7 Å². The zero-order chi connectivity index (χ0) is 20.4. The van der Waals surface area contributed by atoms with Crippen LogP contribution in [-0.4, -0.2) is 53.3 Å². The van der Waals surface area contributed by atoms with Crippen molar-refractivity contribution < 1.29 is 14.3 Å². The highest BCUT2D eigenvalue weighted by Gasteiger charge is 2.36. The van der Waals surface area contributed by atoms with E-state index in [4.69, 9.17) is 4.74 Å². The van der Waals surface area contributed by atoms with Crippen LogP contribution >= 0.6 is 0 Å². The Hall–Kier alpha value is -2.94. The molecule has 9 nitrogen and oxygen atoms in total. The number of nitrogens with one attached hydrogen (secondary N) is 2. The number of para-hydroxylation sites is 2. The SMILES string of the molecule is COc1ccccc1N1CC(C(=O)Nc2nc(C3CCNCC3)nn2C)CC1=O. The van der Waals surface area contributed by atoms with Crippen molar-refractivity contribution in [3.05, 3.63) is 30.1 Å². The van der Waals surface area contributed by atoms with Crippen molar-refractivity contribution in [3.63, 3.8) is 0 Å². The van der Waals surface area contributed by atoms with Gasteiger partial charge in [-0.3, -0.25) is 14.9 Å². The number of carbonyl (C=O) groups is 2. The van der Waals surface area contributed by atoms with Crippen molar-refractivity contribution in [2.75, 3.05) is 37.0 Å². The molecule has 2 amide bonds. The van der Waals surface area contributed by atoms with Crippen LogP contribution in [0.25, 0.3) is 0 Å². The minimum atomic E-state index is -0.452. The van der Waals surface area contributed by atoms with Gasteiger partial charge in [-0.1, -0.05) is 12.1 Å². The summed E-state index contributed by atoms with van der Waals surface area (Å²) in [5.41, 5.74) is 0.683. The molecule has 1 atom stereocenters. The van der Waals surface area contributed by atoms with Gasteiger partial charge < -0.3 is 15.0 Å². The Morgan fingerprint density at radius 1 is 1.28 bits per heavy atom. The molecule has 3 heterocycles. The van der Waals surface area contributed by atoms with Gasteiger partial charge in [0.15, 0.2) is 5.82 Å². The summed E-state index contributed by atoms with van der Waals surface area (Å²) in [5.74, 6) is 1.34. The van der Waals surface area contributed by atoms with Crippen molar-refractivity contribution in [2.24, 2.45) is 13.0 Å². The molecule has 9 heteroatoms. The molecular formula is C20H26N6O3. The highest BCUT2D eigenvalue weighted by atomic mass is 16.5. The molecule has 0 spiro atoms. The van der Waals surface area contributed by atoms with E-state index >= 15 is 0 Å². The Kier molecular flexibility index (Phi) is 5.48. The highest BCUT2D eigenvalue weighted by Crippen LogP contribution is 2.33. The van der Waals surface area contributed by atoms with Crippen LogP contribution in [0.3, 0.4) is 0 Å². The number of amides is 2. The van der Waals surface area contributed by atoms with Crippen LogP contribution in [0, 0.1) is 5.92 Å². The fourth-order valence-electron chi connectivity index (χ4n) is 3.95. The average Bonchev–Trinajstić information content (AvgIpc) is 3.31. The molecule has 4 rings (SSSR count). The predicted octanol–water partition coefficient (Wildman–Crippen LogP) is 1.28. The van der Waals surface area contributed by atoms with Gasteiger partial charge in [-0.2, -0.15) is 10.1 Å². The van der Waals surface area contributed by atoms with E-state index in [0.29, 0.717) is 29.8 Å². The first-order valence-corrected chi connectivity index (χ1v) is 9.92. The third-order valence-corrected chi connectivity index (χ3v) is 5.59. The zero-order valence-corrected chi connectivity index (χ0v) is 16.7. The molecule has 154 valence electrons. The van der Waals surface area contributed by atoms with E-state index in [9.17, 15) is 9.59 Å². The van der Waals surface area contributed by atoms with Gasteiger partial charge in [-0.05, 0) is 38.1 Å². The summed E-state index contributed by atoms with van der Waals surface area (Å²) in [6.07, 6.45) is 2.13. The van der Waals surface area contributed by atoms with Gasteiger partial charge in [0, 0.05) is 25.9 Å². The molecule has 0 saturated carbocycles. The second kappa shape index (κ2) is 8.20. The highest BCUT2D eigenvalue weighted by molar-refractivity contribution is 6.03. The number of nitrogens with zero attached hydrogens (tertiary/aromatic N) is 4. The van der Waals surface area contributed by atoms with Gasteiger partial charge in [-0.15, -0.1) is 0 Å². The van der Waals surface area contributed by atoms with Crippen molar-refractivity contribution >= 4 is 23.5 Å². The molecule has 0 aliphatic carbocycles. The molecule has 1 unspecified atom stereocenters. The maximum Gasteiger partial charge on any atom is 0.232 e. The first kappa shape index (κ1) is 19.4. The minimum absolute atomic E-state index is 0.0944. The molecule has 2 saturated heterocycles. The van der Waals surface area contributed by atoms with Crippen LogP contribution in [0.4, 0.5) is 11.6 Å². The first-order chi connectivity index (χ1) is 14.1. The summed E-state index contributed by atoms with van der Waals surface area (Å²) in [5, 5.41) is 10.7. The maximum absolute atomic E-state index is 12.8. The Labute approximate surface area is 169 Å². The van der Waals surface area contributed by atoms with Crippen LogP contribution in [0.1, 0.15) is 31.0 Å². The number of hydrogen-bond acceptors (Lipinski definition) is 6. The molecule has 29 heavy (non-hydrogen) atoms. The van der Waals surface area contributed by atoms with E-state index in [-0.39, 0.29) is 18.2 Å². The Bertz CT molecular complexity index is 905. The smallest absolute Gasteiger partial charge is 0.232 e. The van der Waals surface area contributed by atoms with Crippen molar-refractivity contribution in [1.82, 2.24) is 20.1 Å². The second-order valence-electron chi connectivity index (χ2n) is 7.51. The number of anilines is 2. The molecule has 2 aromatic rings. The van der Waals surface area contributed by atoms with Gasteiger partial charge in [0.25, 0.3) is 0 Å². The monoisotopic (exact) mass is 398 g/mol. The molecule has 2 aliphatic rings. The lowest BCUT2D eigenvalue weighted by molar-refractivity contribution is -0.122.